The number of rotatable bonds is 8. The van der Waals surface area contributed by atoms with Crippen LogP contribution in [0, 0.1) is 0 Å². The minimum Gasteiger partial charge on any atom is -0.372 e. The molecular formula is C24H36N8. The van der Waals surface area contributed by atoms with E-state index in [1.807, 2.05) is 6.21 Å². The molecule has 0 atom stereocenters. The average Bonchev–Trinajstić information content (AvgIpc) is 2.86. The Morgan fingerprint density at radius 2 is 1.34 bits per heavy atom. The van der Waals surface area contributed by atoms with Crippen molar-refractivity contribution < 1.29 is 0 Å². The van der Waals surface area contributed by atoms with E-state index in [-0.39, 0.29) is 0 Å². The van der Waals surface area contributed by atoms with E-state index in [1.165, 1.54) is 44.2 Å². The fraction of sp³-hybridized carbons (Fsp3) is 0.583. The molecule has 32 heavy (non-hydrogen) atoms. The van der Waals surface area contributed by atoms with Crippen LogP contribution in [-0.2, 0) is 0 Å². The van der Waals surface area contributed by atoms with Crippen LogP contribution in [-0.4, -0.2) is 60.4 Å². The van der Waals surface area contributed by atoms with E-state index < -0.39 is 0 Å². The Labute approximate surface area is 191 Å². The summed E-state index contributed by atoms with van der Waals surface area (Å²) in [6, 6.07) is 8.45. The van der Waals surface area contributed by atoms with E-state index >= 15 is 0 Å². The highest BCUT2D eigenvalue weighted by atomic mass is 15.4. The lowest BCUT2D eigenvalue weighted by Crippen LogP contribution is -2.34. The summed E-state index contributed by atoms with van der Waals surface area (Å²) in [5.74, 6) is 2.04. The average molecular weight is 437 g/mol. The van der Waals surface area contributed by atoms with E-state index in [2.05, 4.69) is 73.3 Å². The Hall–Kier alpha value is -2.90. The van der Waals surface area contributed by atoms with Crippen LogP contribution in [0.5, 0.6) is 0 Å². The van der Waals surface area contributed by atoms with Gasteiger partial charge in [0.25, 0.3) is 0 Å². The second kappa shape index (κ2) is 11.1. The number of aromatic nitrogens is 3. The first-order valence-electron chi connectivity index (χ1n) is 12.2. The molecule has 2 saturated heterocycles. The van der Waals surface area contributed by atoms with E-state index in [0.717, 1.165) is 56.7 Å². The van der Waals surface area contributed by atoms with Crippen LogP contribution in [0.3, 0.4) is 0 Å². The molecule has 0 spiro atoms. The largest absolute Gasteiger partial charge is 0.372 e. The molecule has 0 unspecified atom stereocenters. The van der Waals surface area contributed by atoms with Gasteiger partial charge >= 0.3 is 0 Å². The van der Waals surface area contributed by atoms with Gasteiger partial charge in [0.1, 0.15) is 0 Å². The Kier molecular flexibility index (Phi) is 7.74. The van der Waals surface area contributed by atoms with E-state index in [9.17, 15) is 0 Å². The first kappa shape index (κ1) is 22.3. The van der Waals surface area contributed by atoms with Gasteiger partial charge in [0.15, 0.2) is 0 Å². The molecule has 2 aliphatic heterocycles. The predicted octanol–water partition coefficient (Wildman–Crippen LogP) is 4.14. The summed E-state index contributed by atoms with van der Waals surface area (Å²) in [4.78, 5) is 21.1. The summed E-state index contributed by atoms with van der Waals surface area (Å²) in [6.07, 6.45) is 9.14. The zero-order chi connectivity index (χ0) is 22.2. The number of benzene rings is 1. The normalized spacial score (nSPS) is 17.1. The van der Waals surface area contributed by atoms with Crippen LogP contribution >= 0.6 is 0 Å². The smallest absolute Gasteiger partial charge is 0.250 e. The number of nitrogens with one attached hydrogen (secondary N) is 1. The van der Waals surface area contributed by atoms with Crippen LogP contribution in [0.2, 0.25) is 0 Å². The summed E-state index contributed by atoms with van der Waals surface area (Å²) in [7, 11) is 0. The zero-order valence-corrected chi connectivity index (χ0v) is 19.5. The zero-order valence-electron chi connectivity index (χ0n) is 19.5. The molecule has 0 radical (unpaired) electrons. The first-order chi connectivity index (χ1) is 15.8. The van der Waals surface area contributed by atoms with Gasteiger partial charge in [0.2, 0.25) is 17.8 Å². The van der Waals surface area contributed by atoms with Crippen molar-refractivity contribution in [2.45, 2.75) is 52.4 Å². The Morgan fingerprint density at radius 1 is 0.812 bits per heavy atom. The third-order valence-corrected chi connectivity index (χ3v) is 6.29. The summed E-state index contributed by atoms with van der Waals surface area (Å²) < 4.78 is 0. The first-order valence-corrected chi connectivity index (χ1v) is 12.2. The van der Waals surface area contributed by atoms with Gasteiger partial charge in [-0.05, 0) is 70.1 Å². The van der Waals surface area contributed by atoms with Crippen molar-refractivity contribution in [3.8, 4) is 0 Å². The Bertz CT molecular complexity index is 830. The number of hydrogen-bond donors (Lipinski definition) is 1. The summed E-state index contributed by atoms with van der Waals surface area (Å²) in [5, 5.41) is 4.42. The minimum atomic E-state index is 0.511. The number of nitrogens with zero attached hydrogens (tertiary/aromatic N) is 7. The lowest BCUT2D eigenvalue weighted by atomic mass is 10.1. The number of piperidine rings is 2. The molecule has 172 valence electrons. The van der Waals surface area contributed by atoms with Crippen molar-refractivity contribution in [2.24, 2.45) is 5.10 Å². The third-order valence-electron chi connectivity index (χ3n) is 6.29. The van der Waals surface area contributed by atoms with E-state index in [1.54, 1.807) is 0 Å². The van der Waals surface area contributed by atoms with Crippen LogP contribution in [0.15, 0.2) is 29.4 Å². The summed E-state index contributed by atoms with van der Waals surface area (Å²) >= 11 is 0. The molecule has 8 nitrogen and oxygen atoms in total. The van der Waals surface area contributed by atoms with Crippen LogP contribution in [0.25, 0.3) is 0 Å². The van der Waals surface area contributed by atoms with Gasteiger partial charge in [0.05, 0.1) is 6.21 Å². The van der Waals surface area contributed by atoms with E-state index in [4.69, 9.17) is 4.98 Å². The standard InChI is InChI=1S/C24H36N8/c1-3-30(4-2)21-13-11-20(12-14-21)19-25-29-22-26-23(31-15-7-5-8-16-31)28-24(27-22)32-17-9-6-10-18-32/h11-14,19H,3-10,15-18H2,1-2H3,(H,26,27,28,29). The fourth-order valence-electron chi connectivity index (χ4n) is 4.40. The second-order valence-electron chi connectivity index (χ2n) is 8.49. The summed E-state index contributed by atoms with van der Waals surface area (Å²) in [6.45, 7) is 10.4. The molecule has 3 heterocycles. The molecule has 0 amide bonds. The minimum absolute atomic E-state index is 0.511. The SMILES string of the molecule is CCN(CC)c1ccc(C=NNc2nc(N3CCCCC3)nc(N3CCCCC3)n2)cc1. The molecule has 4 rings (SSSR count). The topological polar surface area (TPSA) is 72.8 Å². The maximum atomic E-state index is 4.82. The van der Waals surface area contributed by atoms with Crippen molar-refractivity contribution in [3.63, 3.8) is 0 Å². The number of anilines is 4. The van der Waals surface area contributed by atoms with Crippen molar-refractivity contribution in [3.05, 3.63) is 29.8 Å². The molecule has 8 heteroatoms. The molecule has 0 saturated carbocycles. The third kappa shape index (κ3) is 5.66. The van der Waals surface area contributed by atoms with Crippen molar-refractivity contribution in [2.75, 3.05) is 59.4 Å². The van der Waals surface area contributed by atoms with Gasteiger partial charge in [-0.15, -0.1) is 0 Å². The molecule has 0 bridgehead atoms. The lowest BCUT2D eigenvalue weighted by Gasteiger charge is -2.30. The van der Waals surface area contributed by atoms with Gasteiger partial charge in [-0.3, -0.25) is 0 Å². The quantitative estimate of drug-likeness (QED) is 0.492. The van der Waals surface area contributed by atoms with E-state index in [0.29, 0.717) is 5.95 Å². The highest BCUT2D eigenvalue weighted by Crippen LogP contribution is 2.22. The molecule has 0 aliphatic carbocycles. The second-order valence-corrected chi connectivity index (χ2v) is 8.49. The van der Waals surface area contributed by atoms with Gasteiger partial charge in [-0.1, -0.05) is 12.1 Å². The number of hydrogen-bond acceptors (Lipinski definition) is 8. The Balaban J connectivity index is 1.49. The molecule has 2 fully saturated rings. The highest BCUT2D eigenvalue weighted by Gasteiger charge is 2.20. The maximum absolute atomic E-state index is 4.82. The highest BCUT2D eigenvalue weighted by molar-refractivity contribution is 5.80. The van der Waals surface area contributed by atoms with Crippen LogP contribution in [0.1, 0.15) is 57.9 Å². The monoisotopic (exact) mass is 436 g/mol. The van der Waals surface area contributed by atoms with Crippen molar-refractivity contribution in [1.29, 1.82) is 0 Å². The van der Waals surface area contributed by atoms with Gasteiger partial charge < -0.3 is 14.7 Å². The van der Waals surface area contributed by atoms with Gasteiger partial charge in [0, 0.05) is 45.0 Å². The van der Waals surface area contributed by atoms with Gasteiger partial charge in [-0.25, -0.2) is 5.43 Å². The molecule has 2 aromatic rings. The molecule has 1 aromatic heterocycles. The molecule has 1 N–H and O–H groups in total. The molecule has 2 aliphatic rings. The predicted molar refractivity (Wildman–Crippen MR) is 133 cm³/mol. The molecular weight excluding hydrogens is 400 g/mol. The van der Waals surface area contributed by atoms with Crippen LogP contribution in [0.4, 0.5) is 23.5 Å². The molecule has 1 aromatic carbocycles. The number of hydrazone groups is 1. The Morgan fingerprint density at radius 3 is 1.84 bits per heavy atom. The van der Waals surface area contributed by atoms with Gasteiger partial charge in [-0.2, -0.15) is 20.1 Å². The van der Waals surface area contributed by atoms with Crippen LogP contribution < -0.4 is 20.1 Å². The van der Waals surface area contributed by atoms with Crippen molar-refractivity contribution >= 4 is 29.7 Å². The fourth-order valence-corrected chi connectivity index (χ4v) is 4.40. The summed E-state index contributed by atoms with van der Waals surface area (Å²) in [5.41, 5.74) is 5.32. The van der Waals surface area contributed by atoms with Crippen molar-refractivity contribution in [1.82, 2.24) is 15.0 Å². The lowest BCUT2D eigenvalue weighted by molar-refractivity contribution is 0.556. The maximum Gasteiger partial charge on any atom is 0.250 e.